The van der Waals surface area contributed by atoms with E-state index in [2.05, 4.69) is 14.7 Å². The average molecular weight is 263 g/mol. The number of hydrogen-bond acceptors (Lipinski definition) is 5. The SMILES string of the molecule is COCC(O)CCNS(=O)(=O)c1cnc(C)[nH]1. The number of aliphatic hydroxyl groups is 1. The molecule has 1 rings (SSSR count). The van der Waals surface area contributed by atoms with Gasteiger partial charge in [-0.2, -0.15) is 0 Å². The highest BCUT2D eigenvalue weighted by molar-refractivity contribution is 7.89. The van der Waals surface area contributed by atoms with Gasteiger partial charge in [0, 0.05) is 13.7 Å². The molecule has 98 valence electrons. The summed E-state index contributed by atoms with van der Waals surface area (Å²) in [5.74, 6) is 0.532. The summed E-state index contributed by atoms with van der Waals surface area (Å²) in [5.41, 5.74) is 0. The van der Waals surface area contributed by atoms with E-state index in [9.17, 15) is 13.5 Å². The molecule has 0 spiro atoms. The van der Waals surface area contributed by atoms with Crippen LogP contribution >= 0.6 is 0 Å². The van der Waals surface area contributed by atoms with Crippen LogP contribution in [0, 0.1) is 6.92 Å². The van der Waals surface area contributed by atoms with Gasteiger partial charge < -0.3 is 14.8 Å². The molecule has 1 aromatic rings. The maximum atomic E-state index is 11.7. The van der Waals surface area contributed by atoms with E-state index >= 15 is 0 Å². The maximum absolute atomic E-state index is 11.7. The van der Waals surface area contributed by atoms with Crippen molar-refractivity contribution in [3.05, 3.63) is 12.0 Å². The number of methoxy groups -OCH3 is 1. The summed E-state index contributed by atoms with van der Waals surface area (Å²) in [6.07, 6.45) is 0.870. The Labute approximate surface area is 100 Å². The van der Waals surface area contributed by atoms with Gasteiger partial charge in [-0.15, -0.1) is 0 Å². The molecule has 0 aliphatic carbocycles. The number of imidazole rings is 1. The summed E-state index contributed by atoms with van der Waals surface area (Å²) in [4.78, 5) is 6.44. The fourth-order valence-corrected chi connectivity index (χ4v) is 2.26. The first-order valence-electron chi connectivity index (χ1n) is 5.14. The van der Waals surface area contributed by atoms with Crippen LogP contribution in [0.2, 0.25) is 0 Å². The Morgan fingerprint density at radius 2 is 2.35 bits per heavy atom. The van der Waals surface area contributed by atoms with Gasteiger partial charge >= 0.3 is 0 Å². The molecule has 0 radical (unpaired) electrons. The smallest absolute Gasteiger partial charge is 0.257 e. The van der Waals surface area contributed by atoms with Crippen LogP contribution in [0.1, 0.15) is 12.2 Å². The second-order valence-electron chi connectivity index (χ2n) is 3.63. The number of nitrogens with zero attached hydrogens (tertiary/aromatic N) is 1. The summed E-state index contributed by atoms with van der Waals surface area (Å²) in [6, 6.07) is 0. The Morgan fingerprint density at radius 3 is 2.88 bits per heavy atom. The third-order valence-corrected chi connectivity index (χ3v) is 3.47. The van der Waals surface area contributed by atoms with Crippen LogP contribution in [0.5, 0.6) is 0 Å². The number of ether oxygens (including phenoxy) is 1. The third kappa shape index (κ3) is 4.43. The first-order valence-corrected chi connectivity index (χ1v) is 6.62. The summed E-state index contributed by atoms with van der Waals surface area (Å²) >= 11 is 0. The van der Waals surface area contributed by atoms with Gasteiger partial charge in [-0.25, -0.2) is 18.1 Å². The molecule has 1 atom stereocenters. The summed E-state index contributed by atoms with van der Waals surface area (Å²) in [5, 5.41) is 9.37. The highest BCUT2D eigenvalue weighted by Gasteiger charge is 2.16. The standard InChI is InChI=1S/C9H17N3O4S/c1-7-10-5-9(12-7)17(14,15)11-4-3-8(13)6-16-2/h5,8,11,13H,3-4,6H2,1-2H3,(H,10,12). The predicted octanol–water partition coefficient (Wildman–Crippen LogP) is -0.606. The Kier molecular flexibility index (Phi) is 5.06. The quantitative estimate of drug-likeness (QED) is 0.609. The van der Waals surface area contributed by atoms with E-state index in [-0.39, 0.29) is 18.2 Å². The van der Waals surface area contributed by atoms with Crippen molar-refractivity contribution in [1.29, 1.82) is 0 Å². The van der Waals surface area contributed by atoms with E-state index in [1.54, 1.807) is 6.92 Å². The van der Waals surface area contributed by atoms with E-state index in [0.29, 0.717) is 12.2 Å². The molecular weight excluding hydrogens is 246 g/mol. The van der Waals surface area contributed by atoms with E-state index in [4.69, 9.17) is 4.74 Å². The Bertz CT molecular complexity index is 443. The number of nitrogens with one attached hydrogen (secondary N) is 2. The minimum atomic E-state index is -3.57. The summed E-state index contributed by atoms with van der Waals surface area (Å²) < 4.78 is 30.5. The van der Waals surface area contributed by atoms with Gasteiger partial charge in [0.1, 0.15) is 5.82 Å². The van der Waals surface area contributed by atoms with Gasteiger partial charge in [-0.1, -0.05) is 0 Å². The number of aryl methyl sites for hydroxylation is 1. The van der Waals surface area contributed by atoms with Crippen LogP contribution in [0.25, 0.3) is 0 Å². The molecule has 1 aromatic heterocycles. The predicted molar refractivity (Wildman–Crippen MR) is 61.0 cm³/mol. The van der Waals surface area contributed by atoms with Crippen LogP contribution < -0.4 is 4.72 Å². The number of H-pyrrole nitrogens is 1. The fraction of sp³-hybridized carbons (Fsp3) is 0.667. The fourth-order valence-electron chi connectivity index (χ4n) is 1.25. The van der Waals surface area contributed by atoms with Crippen LogP contribution in [0.15, 0.2) is 11.2 Å². The number of sulfonamides is 1. The zero-order chi connectivity index (χ0) is 12.9. The van der Waals surface area contributed by atoms with Crippen LogP contribution in [-0.2, 0) is 14.8 Å². The number of aromatic nitrogens is 2. The lowest BCUT2D eigenvalue weighted by Crippen LogP contribution is -2.28. The van der Waals surface area contributed by atoms with Crippen molar-refractivity contribution in [1.82, 2.24) is 14.7 Å². The van der Waals surface area contributed by atoms with Crippen molar-refractivity contribution in [2.75, 3.05) is 20.3 Å². The summed E-state index contributed by atoms with van der Waals surface area (Å²) in [6.45, 7) is 2.00. The van der Waals surface area contributed by atoms with Crippen molar-refractivity contribution in [2.45, 2.75) is 24.5 Å². The van der Waals surface area contributed by atoms with Gasteiger partial charge in [0.15, 0.2) is 5.03 Å². The van der Waals surface area contributed by atoms with E-state index in [1.165, 1.54) is 13.3 Å². The monoisotopic (exact) mass is 263 g/mol. The van der Waals surface area contributed by atoms with Gasteiger partial charge in [-0.05, 0) is 13.3 Å². The molecule has 8 heteroatoms. The van der Waals surface area contributed by atoms with E-state index in [1.807, 2.05) is 0 Å². The Morgan fingerprint density at radius 1 is 1.65 bits per heavy atom. The molecule has 0 aliphatic heterocycles. The van der Waals surface area contributed by atoms with Crippen LogP contribution in [0.3, 0.4) is 0 Å². The number of aromatic amines is 1. The van der Waals surface area contributed by atoms with Crippen molar-refractivity contribution >= 4 is 10.0 Å². The maximum Gasteiger partial charge on any atom is 0.257 e. The second kappa shape index (κ2) is 6.10. The first kappa shape index (κ1) is 14.1. The lowest BCUT2D eigenvalue weighted by Gasteiger charge is -2.09. The molecule has 0 bridgehead atoms. The lowest BCUT2D eigenvalue weighted by atomic mass is 10.3. The minimum absolute atomic E-state index is 0.0243. The molecule has 0 saturated carbocycles. The molecule has 1 unspecified atom stereocenters. The van der Waals surface area contributed by atoms with Crippen molar-refractivity contribution in [3.8, 4) is 0 Å². The van der Waals surface area contributed by atoms with Gasteiger partial charge in [0.25, 0.3) is 10.0 Å². The van der Waals surface area contributed by atoms with Gasteiger partial charge in [-0.3, -0.25) is 0 Å². The molecule has 0 amide bonds. The minimum Gasteiger partial charge on any atom is -0.391 e. The van der Waals surface area contributed by atoms with E-state index < -0.39 is 16.1 Å². The molecule has 3 N–H and O–H groups in total. The number of rotatable bonds is 7. The normalized spacial score (nSPS) is 13.8. The highest BCUT2D eigenvalue weighted by Crippen LogP contribution is 2.04. The average Bonchev–Trinajstić information content (AvgIpc) is 2.65. The second-order valence-corrected chi connectivity index (χ2v) is 5.36. The van der Waals surface area contributed by atoms with Crippen molar-refractivity contribution in [2.24, 2.45) is 0 Å². The zero-order valence-electron chi connectivity index (χ0n) is 9.80. The molecule has 0 saturated heterocycles. The topological polar surface area (TPSA) is 104 Å². The number of aliphatic hydroxyl groups excluding tert-OH is 1. The lowest BCUT2D eigenvalue weighted by molar-refractivity contribution is 0.0603. The molecule has 1 heterocycles. The van der Waals surface area contributed by atoms with Crippen LogP contribution in [-0.4, -0.2) is 49.9 Å². The largest absolute Gasteiger partial charge is 0.391 e. The molecule has 0 aromatic carbocycles. The Balaban J connectivity index is 2.46. The third-order valence-electron chi connectivity index (χ3n) is 2.10. The molecular formula is C9H17N3O4S. The molecule has 17 heavy (non-hydrogen) atoms. The Hall–Kier alpha value is -0.960. The molecule has 0 fully saturated rings. The number of hydrogen-bond donors (Lipinski definition) is 3. The van der Waals surface area contributed by atoms with Crippen LogP contribution in [0.4, 0.5) is 0 Å². The van der Waals surface area contributed by atoms with Crippen molar-refractivity contribution < 1.29 is 18.3 Å². The van der Waals surface area contributed by atoms with Crippen molar-refractivity contribution in [3.63, 3.8) is 0 Å². The van der Waals surface area contributed by atoms with Gasteiger partial charge in [0.05, 0.1) is 18.9 Å². The zero-order valence-corrected chi connectivity index (χ0v) is 10.6. The van der Waals surface area contributed by atoms with E-state index in [0.717, 1.165) is 0 Å². The molecule has 7 nitrogen and oxygen atoms in total. The van der Waals surface area contributed by atoms with Gasteiger partial charge in [0.2, 0.25) is 0 Å². The molecule has 0 aliphatic rings. The summed E-state index contributed by atoms with van der Waals surface area (Å²) in [7, 11) is -2.10. The highest BCUT2D eigenvalue weighted by atomic mass is 32.2. The first-order chi connectivity index (χ1) is 7.95.